The van der Waals surface area contributed by atoms with Crippen LogP contribution in [-0.4, -0.2) is 71.4 Å². The fourth-order valence-electron chi connectivity index (χ4n) is 7.33. The van der Waals surface area contributed by atoms with Gasteiger partial charge in [0.1, 0.15) is 11.6 Å². The molecule has 42 heavy (non-hydrogen) atoms. The second kappa shape index (κ2) is 11.7. The third kappa shape index (κ3) is 5.26. The molecular weight excluding hydrogens is 528 g/mol. The van der Waals surface area contributed by atoms with Crippen molar-refractivity contribution in [3.63, 3.8) is 0 Å². The van der Waals surface area contributed by atoms with Gasteiger partial charge in [-0.05, 0) is 62.6 Å². The summed E-state index contributed by atoms with van der Waals surface area (Å²) < 4.78 is 6.52. The number of hydrogen-bond donors (Lipinski definition) is 2. The van der Waals surface area contributed by atoms with Crippen molar-refractivity contribution in [2.45, 2.75) is 76.3 Å². The predicted molar refractivity (Wildman–Crippen MR) is 162 cm³/mol. The van der Waals surface area contributed by atoms with Crippen molar-refractivity contribution in [2.75, 3.05) is 25.5 Å². The van der Waals surface area contributed by atoms with Gasteiger partial charge in [0.2, 0.25) is 17.7 Å². The molecule has 3 aliphatic heterocycles. The first-order valence-corrected chi connectivity index (χ1v) is 15.4. The number of fused-ring (bicyclic) bond motifs is 1. The van der Waals surface area contributed by atoms with E-state index in [-0.39, 0.29) is 23.8 Å². The van der Waals surface area contributed by atoms with E-state index in [4.69, 9.17) is 4.74 Å². The minimum Gasteiger partial charge on any atom is -0.359 e. The molecule has 2 bridgehead atoms. The highest BCUT2D eigenvalue weighted by Crippen LogP contribution is 2.55. The molecule has 222 valence electrons. The van der Waals surface area contributed by atoms with E-state index in [1.165, 1.54) is 12.0 Å². The van der Waals surface area contributed by atoms with E-state index in [1.807, 2.05) is 69.4 Å². The zero-order valence-electron chi connectivity index (χ0n) is 24.8. The molecule has 1 saturated carbocycles. The molecule has 2 aromatic carbocycles. The maximum absolute atomic E-state index is 14.2. The molecule has 6 rings (SSSR count). The van der Waals surface area contributed by atoms with Crippen LogP contribution in [0.2, 0.25) is 0 Å². The summed E-state index contributed by atoms with van der Waals surface area (Å²) in [5, 5.41) is 6.30. The summed E-state index contributed by atoms with van der Waals surface area (Å²) in [4.78, 5) is 45.9. The summed E-state index contributed by atoms with van der Waals surface area (Å²) in [5.74, 6) is -2.06. The number of likely N-dealkylation sites (tertiary alicyclic amines) is 1. The minimum atomic E-state index is -1.15. The Bertz CT molecular complexity index is 1370. The highest BCUT2D eigenvalue weighted by atomic mass is 16.5. The number of carbonyl (C=O) groups excluding carboxylic acids is 3. The standard InChI is InChI=1S/C34H42N4O4/c1-22-14-15-26(20-23(22)2)36-31(39)28-27-16-17-34(42-27)29(28)33(41)38(19-18-37(3)21-24-10-6-4-7-11-24)30(34)32(40)35-25-12-8-5-9-13-25/h4,6-7,10-11,14-17,20,25,27-30H,5,8-9,12-13,18-19,21H2,1-3H3,(H,35,40)(H,36,39)/t27-,28-,29-,30+,34-/m0/s1. The van der Waals surface area contributed by atoms with E-state index in [0.717, 1.165) is 43.4 Å². The van der Waals surface area contributed by atoms with E-state index in [0.29, 0.717) is 18.8 Å². The van der Waals surface area contributed by atoms with Gasteiger partial charge >= 0.3 is 0 Å². The molecule has 1 aliphatic carbocycles. The summed E-state index contributed by atoms with van der Waals surface area (Å²) in [6, 6.07) is 15.3. The van der Waals surface area contributed by atoms with Crippen molar-refractivity contribution >= 4 is 23.4 Å². The van der Waals surface area contributed by atoms with Gasteiger partial charge in [-0.15, -0.1) is 0 Å². The summed E-state index contributed by atoms with van der Waals surface area (Å²) >= 11 is 0. The monoisotopic (exact) mass is 570 g/mol. The first kappa shape index (κ1) is 28.6. The zero-order chi connectivity index (χ0) is 29.4. The van der Waals surface area contributed by atoms with E-state index < -0.39 is 29.6 Å². The molecule has 3 fully saturated rings. The number of likely N-dealkylation sites (N-methyl/N-ethyl adjacent to an activating group) is 1. The van der Waals surface area contributed by atoms with Crippen LogP contribution in [-0.2, 0) is 25.7 Å². The molecule has 3 amide bonds. The second-order valence-electron chi connectivity index (χ2n) is 12.6. The fraction of sp³-hybridized carbons (Fsp3) is 0.500. The highest BCUT2D eigenvalue weighted by molar-refractivity contribution is 6.02. The second-order valence-corrected chi connectivity index (χ2v) is 12.6. The fourth-order valence-corrected chi connectivity index (χ4v) is 7.33. The lowest BCUT2D eigenvalue weighted by atomic mass is 9.74. The first-order valence-electron chi connectivity index (χ1n) is 15.4. The average Bonchev–Trinajstić information content (AvgIpc) is 3.62. The molecule has 1 spiro atoms. The third-order valence-electron chi connectivity index (χ3n) is 9.67. The van der Waals surface area contributed by atoms with Crippen molar-refractivity contribution in [1.82, 2.24) is 15.1 Å². The van der Waals surface area contributed by atoms with E-state index in [2.05, 4.69) is 27.7 Å². The van der Waals surface area contributed by atoms with E-state index in [1.54, 1.807) is 4.90 Å². The lowest BCUT2D eigenvalue weighted by molar-refractivity contribution is -0.141. The van der Waals surface area contributed by atoms with Crippen LogP contribution in [0.15, 0.2) is 60.7 Å². The Balaban J connectivity index is 1.25. The molecule has 8 nitrogen and oxygen atoms in total. The number of carbonyl (C=O) groups is 3. The highest BCUT2D eigenvalue weighted by Gasteiger charge is 2.72. The van der Waals surface area contributed by atoms with Crippen LogP contribution in [0.1, 0.15) is 48.8 Å². The molecule has 3 heterocycles. The molecule has 0 aromatic heterocycles. The molecular formula is C34H42N4O4. The summed E-state index contributed by atoms with van der Waals surface area (Å²) in [6.45, 7) is 5.72. The molecule has 2 N–H and O–H groups in total. The molecule has 4 aliphatic rings. The number of anilines is 1. The molecule has 0 unspecified atom stereocenters. The summed E-state index contributed by atoms with van der Waals surface area (Å²) in [6.07, 6.45) is 8.49. The van der Waals surface area contributed by atoms with E-state index in [9.17, 15) is 14.4 Å². The van der Waals surface area contributed by atoms with Gasteiger partial charge in [0.25, 0.3) is 0 Å². The SMILES string of the molecule is Cc1ccc(NC(=O)[C@H]2[C@@H]3C=C[C@]4(O3)[C@@H]2C(=O)N(CCN(C)Cc2ccccc2)[C@@H]4C(=O)NC2CCCCC2)cc1C. The lowest BCUT2D eigenvalue weighted by Gasteiger charge is -2.34. The van der Waals surface area contributed by atoms with Crippen LogP contribution in [0.3, 0.4) is 0 Å². The van der Waals surface area contributed by atoms with Gasteiger partial charge in [0.05, 0.1) is 17.9 Å². The predicted octanol–water partition coefficient (Wildman–Crippen LogP) is 3.97. The van der Waals surface area contributed by atoms with Crippen LogP contribution in [0.5, 0.6) is 0 Å². The maximum Gasteiger partial charge on any atom is 0.246 e. The Morgan fingerprint density at radius 1 is 1.02 bits per heavy atom. The van der Waals surface area contributed by atoms with Gasteiger partial charge in [-0.1, -0.05) is 67.8 Å². The minimum absolute atomic E-state index is 0.103. The van der Waals surface area contributed by atoms with Crippen molar-refractivity contribution in [3.05, 3.63) is 77.4 Å². The smallest absolute Gasteiger partial charge is 0.246 e. The largest absolute Gasteiger partial charge is 0.359 e. The first-order chi connectivity index (χ1) is 20.3. The Morgan fingerprint density at radius 3 is 2.52 bits per heavy atom. The number of benzene rings is 2. The molecule has 0 radical (unpaired) electrons. The van der Waals surface area contributed by atoms with Crippen LogP contribution in [0.25, 0.3) is 0 Å². The van der Waals surface area contributed by atoms with Gasteiger partial charge in [0.15, 0.2) is 0 Å². The Labute approximate surface area is 248 Å². The summed E-state index contributed by atoms with van der Waals surface area (Å²) in [5.41, 5.74) is 2.95. The third-order valence-corrected chi connectivity index (χ3v) is 9.67. The number of ether oxygens (including phenoxy) is 1. The zero-order valence-corrected chi connectivity index (χ0v) is 24.8. The summed E-state index contributed by atoms with van der Waals surface area (Å²) in [7, 11) is 2.02. The van der Waals surface area contributed by atoms with Gasteiger partial charge in [-0.2, -0.15) is 0 Å². The van der Waals surface area contributed by atoms with E-state index >= 15 is 0 Å². The molecule has 5 atom stereocenters. The quantitative estimate of drug-likeness (QED) is 0.446. The van der Waals surface area contributed by atoms with Gasteiger partial charge in [-0.25, -0.2) is 0 Å². The van der Waals surface area contributed by atoms with Gasteiger partial charge < -0.3 is 25.2 Å². The average molecular weight is 571 g/mol. The molecule has 8 heteroatoms. The Hall–Kier alpha value is -3.49. The van der Waals surface area contributed by atoms with Crippen LogP contribution < -0.4 is 10.6 Å². The molecule has 2 aromatic rings. The van der Waals surface area contributed by atoms with Gasteiger partial charge in [0, 0.05) is 31.4 Å². The van der Waals surface area contributed by atoms with Crippen LogP contribution >= 0.6 is 0 Å². The van der Waals surface area contributed by atoms with Crippen molar-refractivity contribution in [1.29, 1.82) is 0 Å². The number of aryl methyl sites for hydroxylation is 2. The lowest BCUT2D eigenvalue weighted by Crippen LogP contribution is -2.57. The maximum atomic E-state index is 14.2. The topological polar surface area (TPSA) is 91.0 Å². The number of nitrogens with zero attached hydrogens (tertiary/aromatic N) is 2. The van der Waals surface area contributed by atoms with Crippen LogP contribution in [0.4, 0.5) is 5.69 Å². The van der Waals surface area contributed by atoms with Crippen molar-refractivity contribution in [3.8, 4) is 0 Å². The normalized spacial score (nSPS) is 28.4. The number of rotatable bonds is 9. The van der Waals surface area contributed by atoms with Crippen molar-refractivity contribution < 1.29 is 19.1 Å². The molecule has 2 saturated heterocycles. The number of amides is 3. The number of hydrogen-bond acceptors (Lipinski definition) is 5. The van der Waals surface area contributed by atoms with Gasteiger partial charge in [-0.3, -0.25) is 14.4 Å². The van der Waals surface area contributed by atoms with Crippen LogP contribution in [0, 0.1) is 25.7 Å². The van der Waals surface area contributed by atoms with Crippen molar-refractivity contribution in [2.24, 2.45) is 11.8 Å². The Kier molecular flexibility index (Phi) is 7.94. The number of nitrogens with one attached hydrogen (secondary N) is 2. The Morgan fingerprint density at radius 2 is 1.79 bits per heavy atom.